The van der Waals surface area contributed by atoms with Gasteiger partial charge in [0.1, 0.15) is 10.5 Å². The lowest BCUT2D eigenvalue weighted by Gasteiger charge is -2.42. The molecule has 35 heavy (non-hydrogen) atoms. The van der Waals surface area contributed by atoms with Crippen molar-refractivity contribution in [2.24, 2.45) is 5.92 Å². The van der Waals surface area contributed by atoms with Crippen LogP contribution in [0.5, 0.6) is 0 Å². The predicted octanol–water partition coefficient (Wildman–Crippen LogP) is 4.58. The van der Waals surface area contributed by atoms with E-state index in [1.54, 1.807) is 17.5 Å². The molecule has 3 aromatic rings. The highest BCUT2D eigenvalue weighted by Crippen LogP contribution is 2.38. The number of amides is 3. The van der Waals surface area contributed by atoms with Crippen LogP contribution in [0.25, 0.3) is 10.2 Å². The highest BCUT2D eigenvalue weighted by Gasteiger charge is 2.57. The molecule has 0 unspecified atom stereocenters. The molecule has 184 valence electrons. The molecule has 2 fully saturated rings. The number of thiazole rings is 1. The van der Waals surface area contributed by atoms with Gasteiger partial charge in [0.25, 0.3) is 5.91 Å². The topological polar surface area (TPSA) is 69.6 Å². The van der Waals surface area contributed by atoms with Crippen molar-refractivity contribution in [1.29, 1.82) is 0 Å². The van der Waals surface area contributed by atoms with E-state index in [1.165, 1.54) is 9.60 Å². The molecule has 0 saturated carbocycles. The molecule has 5 rings (SSSR count). The van der Waals surface area contributed by atoms with Crippen LogP contribution >= 0.6 is 11.3 Å². The number of imide groups is 1. The van der Waals surface area contributed by atoms with Crippen molar-refractivity contribution in [3.05, 3.63) is 59.4 Å². The summed E-state index contributed by atoms with van der Waals surface area (Å²) in [6.07, 6.45) is 6.51. The minimum atomic E-state index is -0.709. The van der Waals surface area contributed by atoms with Crippen LogP contribution in [-0.2, 0) is 17.8 Å². The number of aryl methyl sites for hydroxylation is 1. The minimum absolute atomic E-state index is 0.00558. The van der Waals surface area contributed by atoms with E-state index in [2.05, 4.69) is 35.9 Å². The summed E-state index contributed by atoms with van der Waals surface area (Å²) in [5.74, 6) is 0.300. The fourth-order valence-corrected chi connectivity index (χ4v) is 6.34. The van der Waals surface area contributed by atoms with Gasteiger partial charge in [-0.25, -0.2) is 9.78 Å². The van der Waals surface area contributed by atoms with E-state index in [1.807, 2.05) is 35.4 Å². The molecule has 1 spiro atoms. The second kappa shape index (κ2) is 10.0. The van der Waals surface area contributed by atoms with Crippen LogP contribution in [0, 0.1) is 5.92 Å². The van der Waals surface area contributed by atoms with E-state index in [0.717, 1.165) is 48.6 Å². The number of benzene rings is 1. The van der Waals surface area contributed by atoms with Crippen LogP contribution in [0.1, 0.15) is 43.7 Å². The lowest BCUT2D eigenvalue weighted by atomic mass is 9.85. The Bertz CT molecular complexity index is 1150. The summed E-state index contributed by atoms with van der Waals surface area (Å²) >= 11 is 1.74. The summed E-state index contributed by atoms with van der Waals surface area (Å²) in [7, 11) is 0. The Morgan fingerprint density at radius 1 is 1.09 bits per heavy atom. The zero-order valence-electron chi connectivity index (χ0n) is 20.5. The molecule has 1 aromatic carbocycles. The average molecular weight is 492 g/mol. The number of hydrogen-bond acceptors (Lipinski definition) is 6. The normalized spacial score (nSPS) is 18.5. The SMILES string of the molecule is CC(C)CN1C(=O)N(CCCc2cccnc2)C(=O)C12CCN(Cc1nc3ccccc3s1)CC2. The van der Waals surface area contributed by atoms with Gasteiger partial charge in [-0.15, -0.1) is 11.3 Å². The largest absolute Gasteiger partial charge is 0.327 e. The van der Waals surface area contributed by atoms with Crippen molar-refractivity contribution in [1.82, 2.24) is 24.7 Å². The van der Waals surface area contributed by atoms with Gasteiger partial charge in [0.15, 0.2) is 0 Å². The number of para-hydroxylation sites is 1. The van der Waals surface area contributed by atoms with E-state index in [0.29, 0.717) is 31.8 Å². The number of aromatic nitrogens is 2. The van der Waals surface area contributed by atoms with Crippen molar-refractivity contribution in [3.8, 4) is 0 Å². The summed E-state index contributed by atoms with van der Waals surface area (Å²) < 4.78 is 1.21. The standard InChI is InChI=1S/C27H33N5O2S/c1-20(2)18-32-26(34)31(14-6-8-21-7-5-13-28-17-21)25(33)27(32)11-15-30(16-12-27)19-24-29-22-9-3-4-10-23(22)35-24/h3-5,7,9-10,13,17,20H,6,8,11-12,14-16,18-19H2,1-2H3. The maximum Gasteiger partial charge on any atom is 0.327 e. The molecule has 0 bridgehead atoms. The highest BCUT2D eigenvalue weighted by atomic mass is 32.1. The Labute approximate surface area is 210 Å². The zero-order chi connectivity index (χ0) is 24.4. The van der Waals surface area contributed by atoms with Crippen molar-refractivity contribution in [2.45, 2.75) is 51.6 Å². The first-order valence-corrected chi connectivity index (χ1v) is 13.4. The molecule has 0 N–H and O–H groups in total. The maximum absolute atomic E-state index is 13.7. The minimum Gasteiger partial charge on any atom is -0.309 e. The summed E-state index contributed by atoms with van der Waals surface area (Å²) in [6.45, 7) is 7.65. The third kappa shape index (κ3) is 4.82. The third-order valence-corrected chi connectivity index (χ3v) is 8.14. The number of piperidine rings is 1. The molecule has 2 aliphatic rings. The van der Waals surface area contributed by atoms with E-state index in [9.17, 15) is 9.59 Å². The van der Waals surface area contributed by atoms with Gasteiger partial charge in [0.2, 0.25) is 0 Å². The van der Waals surface area contributed by atoms with Crippen molar-refractivity contribution < 1.29 is 9.59 Å². The molecule has 3 amide bonds. The summed E-state index contributed by atoms with van der Waals surface area (Å²) in [5.41, 5.74) is 1.46. The van der Waals surface area contributed by atoms with Crippen LogP contribution in [0.2, 0.25) is 0 Å². The van der Waals surface area contributed by atoms with Crippen LogP contribution in [0.4, 0.5) is 4.79 Å². The molecule has 0 aliphatic carbocycles. The molecule has 7 nitrogen and oxygen atoms in total. The smallest absolute Gasteiger partial charge is 0.309 e. The Balaban J connectivity index is 1.26. The molecular formula is C27H33N5O2S. The molecule has 2 aliphatic heterocycles. The van der Waals surface area contributed by atoms with E-state index in [-0.39, 0.29) is 11.9 Å². The number of carbonyl (C=O) groups excluding carboxylic acids is 2. The second-order valence-corrected chi connectivity index (χ2v) is 11.2. The van der Waals surface area contributed by atoms with Crippen molar-refractivity contribution in [2.75, 3.05) is 26.2 Å². The summed E-state index contributed by atoms with van der Waals surface area (Å²) in [4.78, 5) is 41.9. The number of carbonyl (C=O) groups is 2. The van der Waals surface area contributed by atoms with Gasteiger partial charge in [0, 0.05) is 38.6 Å². The van der Waals surface area contributed by atoms with Gasteiger partial charge in [-0.1, -0.05) is 32.0 Å². The van der Waals surface area contributed by atoms with E-state index in [4.69, 9.17) is 4.98 Å². The number of pyridine rings is 1. The van der Waals surface area contributed by atoms with Crippen LogP contribution < -0.4 is 0 Å². The summed E-state index contributed by atoms with van der Waals surface area (Å²) in [6, 6.07) is 12.1. The molecule has 2 aromatic heterocycles. The van der Waals surface area contributed by atoms with Gasteiger partial charge in [-0.3, -0.25) is 19.6 Å². The second-order valence-electron chi connectivity index (χ2n) is 10.1. The zero-order valence-corrected chi connectivity index (χ0v) is 21.3. The number of urea groups is 1. The van der Waals surface area contributed by atoms with Crippen LogP contribution in [-0.4, -0.2) is 68.3 Å². The third-order valence-electron chi connectivity index (χ3n) is 7.12. The summed E-state index contributed by atoms with van der Waals surface area (Å²) in [5, 5.41) is 1.10. The Morgan fingerprint density at radius 3 is 2.60 bits per heavy atom. The fraction of sp³-hybridized carbons (Fsp3) is 0.481. The maximum atomic E-state index is 13.7. The van der Waals surface area contributed by atoms with Gasteiger partial charge in [0.05, 0.1) is 16.8 Å². The lowest BCUT2D eigenvalue weighted by molar-refractivity contribution is -0.135. The monoisotopic (exact) mass is 491 g/mol. The highest BCUT2D eigenvalue weighted by molar-refractivity contribution is 7.18. The predicted molar refractivity (Wildman–Crippen MR) is 138 cm³/mol. The lowest BCUT2D eigenvalue weighted by Crippen LogP contribution is -2.57. The number of hydrogen-bond donors (Lipinski definition) is 0. The van der Waals surface area contributed by atoms with E-state index < -0.39 is 5.54 Å². The quantitative estimate of drug-likeness (QED) is 0.432. The van der Waals surface area contributed by atoms with Crippen LogP contribution in [0.15, 0.2) is 48.8 Å². The Kier molecular flexibility index (Phi) is 6.84. The molecule has 0 atom stereocenters. The number of likely N-dealkylation sites (tertiary alicyclic amines) is 1. The van der Waals surface area contributed by atoms with Gasteiger partial charge in [-0.2, -0.15) is 0 Å². The first-order chi connectivity index (χ1) is 17.0. The molecule has 0 radical (unpaired) electrons. The van der Waals surface area contributed by atoms with Crippen molar-refractivity contribution >= 4 is 33.5 Å². The molecular weight excluding hydrogens is 458 g/mol. The molecule has 4 heterocycles. The average Bonchev–Trinajstić information content (AvgIpc) is 3.34. The van der Waals surface area contributed by atoms with Gasteiger partial charge < -0.3 is 4.90 Å². The first-order valence-electron chi connectivity index (χ1n) is 12.6. The van der Waals surface area contributed by atoms with Gasteiger partial charge >= 0.3 is 6.03 Å². The molecule has 2 saturated heterocycles. The van der Waals surface area contributed by atoms with Crippen molar-refractivity contribution in [3.63, 3.8) is 0 Å². The Hall–Kier alpha value is -2.84. The fourth-order valence-electron chi connectivity index (χ4n) is 5.33. The Morgan fingerprint density at radius 2 is 1.89 bits per heavy atom. The number of rotatable bonds is 8. The van der Waals surface area contributed by atoms with Crippen LogP contribution in [0.3, 0.4) is 0 Å². The van der Waals surface area contributed by atoms with Gasteiger partial charge in [-0.05, 0) is 55.4 Å². The molecule has 8 heteroatoms. The first kappa shape index (κ1) is 23.9. The number of fused-ring (bicyclic) bond motifs is 1. The number of nitrogens with zero attached hydrogens (tertiary/aromatic N) is 5. The van der Waals surface area contributed by atoms with E-state index >= 15 is 0 Å².